The first-order valence-electron chi connectivity index (χ1n) is 7.60. The Balaban J connectivity index is 2.23. The fourth-order valence-electron chi connectivity index (χ4n) is 2.88. The van der Waals surface area contributed by atoms with E-state index in [0.717, 1.165) is 12.0 Å². The van der Waals surface area contributed by atoms with E-state index in [0.29, 0.717) is 17.9 Å². The van der Waals surface area contributed by atoms with Gasteiger partial charge in [0.05, 0.1) is 6.10 Å². The van der Waals surface area contributed by atoms with E-state index in [1.807, 2.05) is 36.4 Å². The molecular weight excluding hydrogens is 263 g/mol. The van der Waals surface area contributed by atoms with Crippen LogP contribution >= 0.6 is 0 Å². The molecule has 0 aromatic heterocycles. The van der Waals surface area contributed by atoms with Crippen molar-refractivity contribution in [2.75, 3.05) is 0 Å². The fourth-order valence-corrected chi connectivity index (χ4v) is 2.88. The van der Waals surface area contributed by atoms with Crippen molar-refractivity contribution in [3.05, 3.63) is 71.5 Å². The highest BCUT2D eigenvalue weighted by molar-refractivity contribution is 5.24. The van der Waals surface area contributed by atoms with Crippen LogP contribution in [0.25, 0.3) is 0 Å². The van der Waals surface area contributed by atoms with Crippen LogP contribution in [0.1, 0.15) is 37.3 Å². The van der Waals surface area contributed by atoms with E-state index in [1.165, 1.54) is 6.07 Å². The molecule has 0 radical (unpaired) electrons. The van der Waals surface area contributed by atoms with Crippen molar-refractivity contribution in [3.63, 3.8) is 0 Å². The van der Waals surface area contributed by atoms with E-state index in [9.17, 15) is 9.50 Å². The van der Waals surface area contributed by atoms with Gasteiger partial charge in [-0.15, -0.1) is 0 Å². The minimum Gasteiger partial charge on any atom is -0.392 e. The van der Waals surface area contributed by atoms with Crippen molar-refractivity contribution in [1.29, 1.82) is 0 Å². The molecular formula is C19H23FO. The first-order valence-corrected chi connectivity index (χ1v) is 7.60. The molecule has 0 aliphatic carbocycles. The van der Waals surface area contributed by atoms with Crippen molar-refractivity contribution in [1.82, 2.24) is 0 Å². The zero-order valence-corrected chi connectivity index (χ0v) is 12.7. The van der Waals surface area contributed by atoms with Gasteiger partial charge in [0, 0.05) is 12.3 Å². The maximum absolute atomic E-state index is 13.8. The quantitative estimate of drug-likeness (QED) is 0.825. The van der Waals surface area contributed by atoms with Gasteiger partial charge in [-0.2, -0.15) is 0 Å². The highest BCUT2D eigenvalue weighted by Crippen LogP contribution is 2.32. The Hall–Kier alpha value is -1.67. The van der Waals surface area contributed by atoms with Crippen LogP contribution < -0.4 is 0 Å². The predicted octanol–water partition coefficient (Wildman–Crippen LogP) is 4.56. The van der Waals surface area contributed by atoms with Gasteiger partial charge in [-0.3, -0.25) is 0 Å². The van der Waals surface area contributed by atoms with Gasteiger partial charge in [0.2, 0.25) is 0 Å². The molecule has 1 N–H and O–H groups in total. The Bertz CT molecular complexity index is 553. The van der Waals surface area contributed by atoms with E-state index in [2.05, 4.69) is 13.8 Å². The van der Waals surface area contributed by atoms with E-state index >= 15 is 0 Å². The van der Waals surface area contributed by atoms with Crippen molar-refractivity contribution < 1.29 is 9.50 Å². The summed E-state index contributed by atoms with van der Waals surface area (Å²) in [6.45, 7) is 4.26. The molecule has 0 fully saturated rings. The molecule has 0 saturated heterocycles. The maximum Gasteiger partial charge on any atom is 0.126 e. The second-order valence-corrected chi connectivity index (χ2v) is 5.68. The largest absolute Gasteiger partial charge is 0.392 e. The van der Waals surface area contributed by atoms with Crippen molar-refractivity contribution in [2.45, 2.75) is 38.7 Å². The Labute approximate surface area is 126 Å². The van der Waals surface area contributed by atoms with Crippen LogP contribution in [0.3, 0.4) is 0 Å². The van der Waals surface area contributed by atoms with Crippen molar-refractivity contribution in [3.8, 4) is 0 Å². The summed E-state index contributed by atoms with van der Waals surface area (Å²) in [5.41, 5.74) is 1.70. The Morgan fingerprint density at radius 2 is 1.62 bits per heavy atom. The molecule has 2 rings (SSSR count). The molecule has 0 heterocycles. The zero-order valence-electron chi connectivity index (χ0n) is 12.7. The van der Waals surface area contributed by atoms with Gasteiger partial charge in [-0.05, 0) is 23.1 Å². The maximum atomic E-state index is 13.8. The van der Waals surface area contributed by atoms with Gasteiger partial charge in [0.25, 0.3) is 0 Å². The summed E-state index contributed by atoms with van der Waals surface area (Å²) in [5, 5.41) is 10.7. The van der Waals surface area contributed by atoms with E-state index in [-0.39, 0.29) is 11.7 Å². The van der Waals surface area contributed by atoms with Gasteiger partial charge in [0.1, 0.15) is 5.82 Å². The lowest BCUT2D eigenvalue weighted by Crippen LogP contribution is -2.26. The minimum absolute atomic E-state index is 0.0239. The number of aliphatic hydroxyl groups excluding tert-OH is 1. The normalized spacial score (nSPS) is 15.4. The first-order chi connectivity index (χ1) is 10.1. The third-order valence-electron chi connectivity index (χ3n) is 4.24. The molecule has 0 spiro atoms. The van der Waals surface area contributed by atoms with Crippen LogP contribution in [0.15, 0.2) is 54.6 Å². The summed E-state index contributed by atoms with van der Waals surface area (Å²) >= 11 is 0. The highest BCUT2D eigenvalue weighted by Gasteiger charge is 2.26. The van der Waals surface area contributed by atoms with Crippen LogP contribution in [0.2, 0.25) is 0 Å². The lowest BCUT2D eigenvalue weighted by Gasteiger charge is -2.29. The molecule has 1 nitrogen and oxygen atoms in total. The van der Waals surface area contributed by atoms with Crippen LogP contribution in [0.5, 0.6) is 0 Å². The number of aliphatic hydroxyl groups is 1. The Morgan fingerprint density at radius 3 is 2.24 bits per heavy atom. The second kappa shape index (κ2) is 7.37. The minimum atomic E-state index is -0.584. The molecule has 0 aliphatic rings. The van der Waals surface area contributed by atoms with Crippen molar-refractivity contribution in [2.24, 2.45) is 5.92 Å². The van der Waals surface area contributed by atoms with Crippen LogP contribution in [0.4, 0.5) is 4.39 Å². The zero-order chi connectivity index (χ0) is 15.2. The average molecular weight is 286 g/mol. The SMILES string of the molecule is CCC(C)C(c1ccccc1)C(O)Cc1ccccc1F. The summed E-state index contributed by atoms with van der Waals surface area (Å²) in [6.07, 6.45) is 0.740. The summed E-state index contributed by atoms with van der Waals surface area (Å²) < 4.78 is 13.8. The topological polar surface area (TPSA) is 20.2 Å². The fraction of sp³-hybridized carbons (Fsp3) is 0.368. The summed E-state index contributed by atoms with van der Waals surface area (Å²) in [6, 6.07) is 16.7. The highest BCUT2D eigenvalue weighted by atomic mass is 19.1. The predicted molar refractivity (Wildman–Crippen MR) is 84.7 cm³/mol. The van der Waals surface area contributed by atoms with Gasteiger partial charge in [0.15, 0.2) is 0 Å². The molecule has 3 unspecified atom stereocenters. The number of benzene rings is 2. The molecule has 0 saturated carbocycles. The average Bonchev–Trinajstić information content (AvgIpc) is 2.50. The summed E-state index contributed by atoms with van der Waals surface area (Å²) in [4.78, 5) is 0. The van der Waals surface area contributed by atoms with Gasteiger partial charge < -0.3 is 5.11 Å². The molecule has 0 aliphatic heterocycles. The van der Waals surface area contributed by atoms with Gasteiger partial charge in [-0.1, -0.05) is 68.8 Å². The molecule has 2 aromatic carbocycles. The number of halogens is 1. The van der Waals surface area contributed by atoms with Crippen molar-refractivity contribution >= 4 is 0 Å². The van der Waals surface area contributed by atoms with Gasteiger partial charge in [-0.25, -0.2) is 4.39 Å². The molecule has 21 heavy (non-hydrogen) atoms. The second-order valence-electron chi connectivity index (χ2n) is 5.68. The lowest BCUT2D eigenvalue weighted by molar-refractivity contribution is 0.116. The number of rotatable bonds is 6. The van der Waals surface area contributed by atoms with E-state index < -0.39 is 6.10 Å². The van der Waals surface area contributed by atoms with E-state index in [1.54, 1.807) is 12.1 Å². The Kier molecular flexibility index (Phi) is 5.51. The molecule has 0 bridgehead atoms. The molecule has 0 amide bonds. The lowest BCUT2D eigenvalue weighted by atomic mass is 9.79. The number of hydrogen-bond donors (Lipinski definition) is 1. The summed E-state index contributed by atoms with van der Waals surface area (Å²) in [7, 11) is 0. The standard InChI is InChI=1S/C19H23FO/c1-3-14(2)19(15-9-5-4-6-10-15)18(21)13-16-11-7-8-12-17(16)20/h4-12,14,18-19,21H,3,13H2,1-2H3. The van der Waals surface area contributed by atoms with Crippen LogP contribution in [-0.4, -0.2) is 11.2 Å². The third-order valence-corrected chi connectivity index (χ3v) is 4.24. The molecule has 2 heteroatoms. The van der Waals surface area contributed by atoms with Crippen LogP contribution in [-0.2, 0) is 6.42 Å². The van der Waals surface area contributed by atoms with E-state index in [4.69, 9.17) is 0 Å². The number of hydrogen-bond acceptors (Lipinski definition) is 1. The molecule has 2 aromatic rings. The Morgan fingerprint density at radius 1 is 1.00 bits per heavy atom. The first kappa shape index (κ1) is 15.7. The monoisotopic (exact) mass is 286 g/mol. The molecule has 112 valence electrons. The van der Waals surface area contributed by atoms with Crippen LogP contribution in [0, 0.1) is 11.7 Å². The molecule has 3 atom stereocenters. The van der Waals surface area contributed by atoms with Gasteiger partial charge >= 0.3 is 0 Å². The third kappa shape index (κ3) is 3.92. The summed E-state index contributed by atoms with van der Waals surface area (Å²) in [5.74, 6) is 0.123. The smallest absolute Gasteiger partial charge is 0.126 e.